The fraction of sp³-hybridized carbons (Fsp3) is 0.429. The van der Waals surface area contributed by atoms with Gasteiger partial charge in [0.05, 0.1) is 12.5 Å². The molecular weight excluding hydrogens is 260 g/mol. The van der Waals surface area contributed by atoms with E-state index in [1.54, 1.807) is 0 Å². The third-order valence-corrected chi connectivity index (χ3v) is 3.42. The fourth-order valence-electron chi connectivity index (χ4n) is 2.33. The van der Waals surface area contributed by atoms with Crippen LogP contribution in [0.1, 0.15) is 17.9 Å². The van der Waals surface area contributed by atoms with Crippen molar-refractivity contribution < 1.29 is 19.4 Å². The number of para-hydroxylation sites is 1. The van der Waals surface area contributed by atoms with Gasteiger partial charge in [-0.1, -0.05) is 18.2 Å². The van der Waals surface area contributed by atoms with E-state index in [1.807, 2.05) is 24.3 Å². The number of carbonyl (C=O) groups excluding carboxylic acids is 1. The summed E-state index contributed by atoms with van der Waals surface area (Å²) in [5, 5.41) is 14.8. The molecule has 1 aliphatic heterocycles. The van der Waals surface area contributed by atoms with E-state index in [0.29, 0.717) is 6.42 Å². The van der Waals surface area contributed by atoms with Crippen LogP contribution in [0.25, 0.3) is 0 Å². The normalized spacial score (nSPS) is 18.6. The first-order valence-corrected chi connectivity index (χ1v) is 6.49. The molecule has 3 N–H and O–H groups in total. The van der Waals surface area contributed by atoms with Crippen molar-refractivity contribution in [3.05, 3.63) is 29.8 Å². The molecule has 1 aliphatic rings. The highest BCUT2D eigenvalue weighted by molar-refractivity contribution is 5.86. The Labute approximate surface area is 117 Å². The summed E-state index contributed by atoms with van der Waals surface area (Å²) in [5.74, 6) is -1.50. The Bertz CT molecular complexity index is 504. The van der Waals surface area contributed by atoms with Crippen molar-refractivity contribution >= 4 is 17.6 Å². The van der Waals surface area contributed by atoms with Gasteiger partial charge >= 0.3 is 5.97 Å². The number of ether oxygens (including phenoxy) is 1. The van der Waals surface area contributed by atoms with Gasteiger partial charge in [0, 0.05) is 19.3 Å². The third kappa shape index (κ3) is 3.08. The minimum absolute atomic E-state index is 0.0310. The summed E-state index contributed by atoms with van der Waals surface area (Å²) in [4.78, 5) is 23.0. The van der Waals surface area contributed by atoms with Crippen molar-refractivity contribution in [1.29, 1.82) is 0 Å². The van der Waals surface area contributed by atoms with Gasteiger partial charge in [0.15, 0.2) is 6.10 Å². The number of hydrogen-bond acceptors (Lipinski definition) is 4. The number of carbonyl (C=O) groups is 2. The SMILES string of the molecule is COC(CNC(=O)C1CCNc2ccccc21)C(=O)O. The van der Waals surface area contributed by atoms with E-state index in [-0.39, 0.29) is 18.4 Å². The van der Waals surface area contributed by atoms with Crippen molar-refractivity contribution in [2.24, 2.45) is 0 Å². The molecule has 0 spiro atoms. The van der Waals surface area contributed by atoms with E-state index in [4.69, 9.17) is 9.84 Å². The Kier molecular flexibility index (Phi) is 4.57. The van der Waals surface area contributed by atoms with Gasteiger partial charge in [0.2, 0.25) is 5.91 Å². The zero-order valence-corrected chi connectivity index (χ0v) is 11.3. The molecule has 0 saturated carbocycles. The average molecular weight is 278 g/mol. The summed E-state index contributed by atoms with van der Waals surface area (Å²) in [6.07, 6.45) is -0.330. The summed E-state index contributed by atoms with van der Waals surface area (Å²) in [6, 6.07) is 7.65. The van der Waals surface area contributed by atoms with Crippen LogP contribution in [0.15, 0.2) is 24.3 Å². The van der Waals surface area contributed by atoms with Crippen molar-refractivity contribution in [3.63, 3.8) is 0 Å². The molecule has 6 nitrogen and oxygen atoms in total. The van der Waals surface area contributed by atoms with Gasteiger partial charge in [-0.15, -0.1) is 0 Å². The van der Waals surface area contributed by atoms with Crippen LogP contribution in [0.3, 0.4) is 0 Å². The van der Waals surface area contributed by atoms with Gasteiger partial charge in [-0.2, -0.15) is 0 Å². The second kappa shape index (κ2) is 6.38. The Morgan fingerprint density at radius 1 is 1.50 bits per heavy atom. The van der Waals surface area contributed by atoms with Crippen molar-refractivity contribution in [2.75, 3.05) is 25.5 Å². The lowest BCUT2D eigenvalue weighted by atomic mass is 9.90. The zero-order valence-electron chi connectivity index (χ0n) is 11.3. The number of carboxylic acids is 1. The lowest BCUT2D eigenvalue weighted by Crippen LogP contribution is -2.40. The summed E-state index contributed by atoms with van der Waals surface area (Å²) in [6.45, 7) is 0.693. The minimum atomic E-state index is -1.08. The molecule has 0 saturated heterocycles. The third-order valence-electron chi connectivity index (χ3n) is 3.42. The highest BCUT2D eigenvalue weighted by atomic mass is 16.5. The van der Waals surface area contributed by atoms with E-state index in [0.717, 1.165) is 17.8 Å². The summed E-state index contributed by atoms with van der Waals surface area (Å²) in [5.41, 5.74) is 1.90. The number of carboxylic acid groups (broad SMARTS) is 1. The van der Waals surface area contributed by atoms with Gasteiger partial charge in [0.1, 0.15) is 0 Å². The van der Waals surface area contributed by atoms with Gasteiger partial charge in [-0.3, -0.25) is 4.79 Å². The molecule has 1 heterocycles. The number of nitrogens with one attached hydrogen (secondary N) is 2. The van der Waals surface area contributed by atoms with Gasteiger partial charge < -0.3 is 20.5 Å². The maximum atomic E-state index is 12.2. The predicted molar refractivity (Wildman–Crippen MR) is 73.7 cm³/mol. The molecule has 1 amide bonds. The van der Waals surface area contributed by atoms with E-state index in [9.17, 15) is 9.59 Å². The lowest BCUT2D eigenvalue weighted by molar-refractivity contribution is -0.148. The molecule has 108 valence electrons. The minimum Gasteiger partial charge on any atom is -0.479 e. The van der Waals surface area contributed by atoms with Crippen LogP contribution >= 0.6 is 0 Å². The van der Waals surface area contributed by atoms with Gasteiger partial charge in [-0.25, -0.2) is 4.79 Å². The van der Waals surface area contributed by atoms with Gasteiger partial charge in [-0.05, 0) is 18.1 Å². The van der Waals surface area contributed by atoms with Crippen molar-refractivity contribution in [1.82, 2.24) is 5.32 Å². The smallest absolute Gasteiger partial charge is 0.334 e. The second-order valence-corrected chi connectivity index (χ2v) is 4.66. The number of anilines is 1. The molecule has 6 heteroatoms. The van der Waals surface area contributed by atoms with Crippen LogP contribution in [0.4, 0.5) is 5.69 Å². The van der Waals surface area contributed by atoms with Crippen molar-refractivity contribution in [3.8, 4) is 0 Å². The number of methoxy groups -OCH3 is 1. The van der Waals surface area contributed by atoms with Crippen LogP contribution in [-0.4, -0.2) is 43.3 Å². The summed E-state index contributed by atoms with van der Waals surface area (Å²) in [7, 11) is 1.31. The van der Waals surface area contributed by atoms with Crippen molar-refractivity contribution in [2.45, 2.75) is 18.4 Å². The number of fused-ring (bicyclic) bond motifs is 1. The van der Waals surface area contributed by atoms with E-state index in [2.05, 4.69) is 10.6 Å². The lowest BCUT2D eigenvalue weighted by Gasteiger charge is -2.26. The molecule has 2 unspecified atom stereocenters. The second-order valence-electron chi connectivity index (χ2n) is 4.66. The zero-order chi connectivity index (χ0) is 14.5. The first-order valence-electron chi connectivity index (χ1n) is 6.49. The molecule has 0 aliphatic carbocycles. The summed E-state index contributed by atoms with van der Waals surface area (Å²) >= 11 is 0. The topological polar surface area (TPSA) is 87.7 Å². The maximum Gasteiger partial charge on any atom is 0.334 e. The molecule has 1 aromatic rings. The number of aliphatic carboxylic acids is 1. The Balaban J connectivity index is 2.02. The molecule has 0 fully saturated rings. The van der Waals surface area contributed by atoms with E-state index in [1.165, 1.54) is 7.11 Å². The number of hydrogen-bond donors (Lipinski definition) is 3. The van der Waals surface area contributed by atoms with Crippen LogP contribution in [0, 0.1) is 0 Å². The highest BCUT2D eigenvalue weighted by Gasteiger charge is 2.27. The number of amides is 1. The van der Waals surface area contributed by atoms with Crippen LogP contribution in [-0.2, 0) is 14.3 Å². The van der Waals surface area contributed by atoms with E-state index < -0.39 is 12.1 Å². The molecule has 0 aromatic heterocycles. The Hall–Kier alpha value is -2.08. The standard InChI is InChI=1S/C14H18N2O4/c1-20-12(14(18)19)8-16-13(17)10-6-7-15-11-5-3-2-4-9(10)11/h2-5,10,12,15H,6-8H2,1H3,(H,16,17)(H,18,19). The number of rotatable bonds is 5. The van der Waals surface area contributed by atoms with Crippen LogP contribution < -0.4 is 10.6 Å². The molecule has 2 rings (SSSR count). The Morgan fingerprint density at radius 2 is 2.25 bits per heavy atom. The average Bonchev–Trinajstić information content (AvgIpc) is 2.46. The van der Waals surface area contributed by atoms with Crippen LogP contribution in [0.2, 0.25) is 0 Å². The first-order chi connectivity index (χ1) is 9.63. The van der Waals surface area contributed by atoms with Crippen LogP contribution in [0.5, 0.6) is 0 Å². The molecule has 0 bridgehead atoms. The highest BCUT2D eigenvalue weighted by Crippen LogP contribution is 2.31. The molecular formula is C14H18N2O4. The summed E-state index contributed by atoms with van der Waals surface area (Å²) < 4.78 is 4.79. The van der Waals surface area contributed by atoms with Gasteiger partial charge in [0.25, 0.3) is 0 Å². The molecule has 2 atom stereocenters. The monoisotopic (exact) mass is 278 g/mol. The maximum absolute atomic E-state index is 12.2. The largest absolute Gasteiger partial charge is 0.479 e. The first kappa shape index (κ1) is 14.3. The van der Waals surface area contributed by atoms with E-state index >= 15 is 0 Å². The fourth-order valence-corrected chi connectivity index (χ4v) is 2.33. The molecule has 0 radical (unpaired) electrons. The number of benzene rings is 1. The quantitative estimate of drug-likeness (QED) is 0.741. The molecule has 20 heavy (non-hydrogen) atoms. The molecule has 1 aromatic carbocycles. The predicted octanol–water partition coefficient (Wildman–Crippen LogP) is 0.802. The Morgan fingerprint density at radius 3 is 2.95 bits per heavy atom.